The third kappa shape index (κ3) is 2.29. The molecule has 1 aromatic rings. The molecule has 0 amide bonds. The summed E-state index contributed by atoms with van der Waals surface area (Å²) in [6, 6.07) is 0. The predicted octanol–water partition coefficient (Wildman–Crippen LogP) is 1.02. The van der Waals surface area contributed by atoms with Gasteiger partial charge in [0.2, 0.25) is 5.89 Å². The van der Waals surface area contributed by atoms with Crippen LogP contribution in [0.15, 0.2) is 4.52 Å². The van der Waals surface area contributed by atoms with Crippen molar-refractivity contribution in [3.05, 3.63) is 11.7 Å². The van der Waals surface area contributed by atoms with Crippen LogP contribution in [0.1, 0.15) is 32.5 Å². The van der Waals surface area contributed by atoms with E-state index in [1.165, 1.54) is 0 Å². The summed E-state index contributed by atoms with van der Waals surface area (Å²) in [7, 11) is 0. The van der Waals surface area contributed by atoms with Crippen molar-refractivity contribution in [2.45, 2.75) is 32.7 Å². The second-order valence-electron chi connectivity index (χ2n) is 6.63. The van der Waals surface area contributed by atoms with Crippen molar-refractivity contribution < 1.29 is 4.52 Å². The first kappa shape index (κ1) is 12.1. The summed E-state index contributed by atoms with van der Waals surface area (Å²) in [5.41, 5.74) is -0.0345. The topological polar surface area (TPSA) is 54.2 Å². The van der Waals surface area contributed by atoms with Crippen LogP contribution < -0.4 is 5.32 Å². The molecule has 2 fully saturated rings. The summed E-state index contributed by atoms with van der Waals surface area (Å²) in [5.74, 6) is 3.19. The Labute approximate surface area is 108 Å². The van der Waals surface area contributed by atoms with Crippen molar-refractivity contribution in [2.24, 2.45) is 11.8 Å². The van der Waals surface area contributed by atoms with Crippen LogP contribution in [0, 0.1) is 11.8 Å². The molecule has 2 saturated heterocycles. The molecule has 2 aliphatic rings. The molecule has 0 radical (unpaired) electrons. The molecule has 0 spiro atoms. The van der Waals surface area contributed by atoms with Gasteiger partial charge >= 0.3 is 0 Å². The lowest BCUT2D eigenvalue weighted by molar-refractivity contribution is 0.252. The first-order chi connectivity index (χ1) is 8.52. The van der Waals surface area contributed by atoms with E-state index < -0.39 is 0 Å². The summed E-state index contributed by atoms with van der Waals surface area (Å²) >= 11 is 0. The standard InChI is InChI=1S/C13H22N4O/c1-13(2,3)12-15-11(18-16-12)8-17-6-9-4-14-5-10(9)7-17/h9-10,14H,4-8H2,1-3H3. The lowest BCUT2D eigenvalue weighted by atomic mass is 9.96. The molecule has 2 unspecified atom stereocenters. The summed E-state index contributed by atoms with van der Waals surface area (Å²) in [6.45, 7) is 11.8. The molecular formula is C13H22N4O. The fraction of sp³-hybridized carbons (Fsp3) is 0.846. The van der Waals surface area contributed by atoms with Gasteiger partial charge in [0.15, 0.2) is 5.82 Å². The van der Waals surface area contributed by atoms with Crippen LogP contribution in [0.4, 0.5) is 0 Å². The smallest absolute Gasteiger partial charge is 0.240 e. The minimum atomic E-state index is -0.0345. The number of fused-ring (bicyclic) bond motifs is 1. The van der Waals surface area contributed by atoms with Gasteiger partial charge in [-0.25, -0.2) is 0 Å². The molecule has 0 bridgehead atoms. The second kappa shape index (κ2) is 4.31. The van der Waals surface area contributed by atoms with Crippen LogP contribution in [-0.2, 0) is 12.0 Å². The van der Waals surface area contributed by atoms with E-state index in [4.69, 9.17) is 4.52 Å². The van der Waals surface area contributed by atoms with Gasteiger partial charge in [-0.1, -0.05) is 25.9 Å². The minimum absolute atomic E-state index is 0.0345. The highest BCUT2D eigenvalue weighted by Gasteiger charge is 2.36. The highest BCUT2D eigenvalue weighted by molar-refractivity contribution is 5.00. The maximum Gasteiger partial charge on any atom is 0.240 e. The van der Waals surface area contributed by atoms with E-state index in [0.29, 0.717) is 0 Å². The first-order valence-corrected chi connectivity index (χ1v) is 6.78. The van der Waals surface area contributed by atoms with Crippen LogP contribution in [-0.4, -0.2) is 41.2 Å². The Morgan fingerprint density at radius 2 is 1.94 bits per heavy atom. The monoisotopic (exact) mass is 250 g/mol. The van der Waals surface area contributed by atoms with Crippen LogP contribution in [0.5, 0.6) is 0 Å². The van der Waals surface area contributed by atoms with Gasteiger partial charge in [-0.3, -0.25) is 4.90 Å². The molecule has 100 valence electrons. The quantitative estimate of drug-likeness (QED) is 0.849. The maximum absolute atomic E-state index is 5.36. The molecule has 18 heavy (non-hydrogen) atoms. The summed E-state index contributed by atoms with van der Waals surface area (Å²) in [4.78, 5) is 6.94. The van der Waals surface area contributed by atoms with Gasteiger partial charge in [0.1, 0.15) is 0 Å². The molecule has 3 rings (SSSR count). The number of hydrogen-bond donors (Lipinski definition) is 1. The molecule has 5 nitrogen and oxygen atoms in total. The van der Waals surface area contributed by atoms with E-state index in [1.807, 2.05) is 0 Å². The minimum Gasteiger partial charge on any atom is -0.338 e. The molecular weight excluding hydrogens is 228 g/mol. The van der Waals surface area contributed by atoms with Crippen LogP contribution in [0.25, 0.3) is 0 Å². The third-order valence-corrected chi connectivity index (χ3v) is 3.96. The number of rotatable bonds is 2. The van der Waals surface area contributed by atoms with Crippen molar-refractivity contribution in [3.63, 3.8) is 0 Å². The Morgan fingerprint density at radius 3 is 2.50 bits per heavy atom. The highest BCUT2D eigenvalue weighted by Crippen LogP contribution is 2.27. The van der Waals surface area contributed by atoms with Gasteiger partial charge in [0.05, 0.1) is 6.54 Å². The number of likely N-dealkylation sites (tertiary alicyclic amines) is 1. The number of nitrogens with zero attached hydrogens (tertiary/aromatic N) is 3. The first-order valence-electron chi connectivity index (χ1n) is 6.78. The van der Waals surface area contributed by atoms with Gasteiger partial charge < -0.3 is 9.84 Å². The Balaban J connectivity index is 1.62. The van der Waals surface area contributed by atoms with Gasteiger partial charge in [-0.15, -0.1) is 0 Å². The lowest BCUT2D eigenvalue weighted by Crippen LogP contribution is -2.25. The Kier molecular flexibility index (Phi) is 2.90. The van der Waals surface area contributed by atoms with Crippen molar-refractivity contribution in [1.29, 1.82) is 0 Å². The van der Waals surface area contributed by atoms with E-state index in [-0.39, 0.29) is 5.41 Å². The fourth-order valence-electron chi connectivity index (χ4n) is 2.90. The van der Waals surface area contributed by atoms with Crippen molar-refractivity contribution in [3.8, 4) is 0 Å². The normalized spacial score (nSPS) is 28.8. The van der Waals surface area contributed by atoms with Crippen LogP contribution >= 0.6 is 0 Å². The van der Waals surface area contributed by atoms with Gasteiger partial charge in [-0.05, 0) is 24.9 Å². The fourth-order valence-corrected chi connectivity index (χ4v) is 2.90. The van der Waals surface area contributed by atoms with Crippen molar-refractivity contribution >= 4 is 0 Å². The number of aromatic nitrogens is 2. The molecule has 5 heteroatoms. The van der Waals surface area contributed by atoms with Gasteiger partial charge in [-0.2, -0.15) is 4.98 Å². The highest BCUT2D eigenvalue weighted by atomic mass is 16.5. The molecule has 2 aliphatic heterocycles. The average molecular weight is 250 g/mol. The predicted molar refractivity (Wildman–Crippen MR) is 68.1 cm³/mol. The zero-order valence-corrected chi connectivity index (χ0v) is 11.4. The van der Waals surface area contributed by atoms with E-state index in [0.717, 1.165) is 56.3 Å². The third-order valence-electron chi connectivity index (χ3n) is 3.96. The maximum atomic E-state index is 5.36. The Hall–Kier alpha value is -0.940. The Bertz CT molecular complexity index is 411. The summed E-state index contributed by atoms with van der Waals surface area (Å²) < 4.78 is 5.36. The molecule has 0 saturated carbocycles. The number of nitrogens with one attached hydrogen (secondary N) is 1. The lowest BCUT2D eigenvalue weighted by Gasteiger charge is -2.14. The Morgan fingerprint density at radius 1 is 1.28 bits per heavy atom. The molecule has 3 heterocycles. The summed E-state index contributed by atoms with van der Waals surface area (Å²) in [6.07, 6.45) is 0. The zero-order valence-electron chi connectivity index (χ0n) is 11.4. The zero-order chi connectivity index (χ0) is 12.8. The molecule has 2 atom stereocenters. The van der Waals surface area contributed by atoms with Crippen molar-refractivity contribution in [2.75, 3.05) is 26.2 Å². The van der Waals surface area contributed by atoms with E-state index >= 15 is 0 Å². The summed E-state index contributed by atoms with van der Waals surface area (Å²) in [5, 5.41) is 7.53. The SMILES string of the molecule is CC(C)(C)c1noc(CN2CC3CNCC3C2)n1. The van der Waals surface area contributed by atoms with E-state index in [2.05, 4.69) is 41.1 Å². The molecule has 1 aromatic heterocycles. The van der Waals surface area contributed by atoms with Gasteiger partial charge in [0, 0.05) is 18.5 Å². The van der Waals surface area contributed by atoms with Crippen molar-refractivity contribution in [1.82, 2.24) is 20.4 Å². The van der Waals surface area contributed by atoms with Crippen LogP contribution in [0.3, 0.4) is 0 Å². The van der Waals surface area contributed by atoms with E-state index in [9.17, 15) is 0 Å². The second-order valence-corrected chi connectivity index (χ2v) is 6.63. The largest absolute Gasteiger partial charge is 0.338 e. The average Bonchev–Trinajstić information content (AvgIpc) is 2.90. The van der Waals surface area contributed by atoms with Crippen LogP contribution in [0.2, 0.25) is 0 Å². The molecule has 0 aliphatic carbocycles. The number of hydrogen-bond acceptors (Lipinski definition) is 5. The van der Waals surface area contributed by atoms with E-state index in [1.54, 1.807) is 0 Å². The molecule has 1 N–H and O–H groups in total. The molecule has 0 aromatic carbocycles. The van der Waals surface area contributed by atoms with Gasteiger partial charge in [0.25, 0.3) is 0 Å².